The number of nitro benzene ring substituents is 1. The van der Waals surface area contributed by atoms with Gasteiger partial charge in [0.1, 0.15) is 5.56 Å². The van der Waals surface area contributed by atoms with Gasteiger partial charge in [-0.05, 0) is 6.07 Å². The van der Waals surface area contributed by atoms with Crippen molar-refractivity contribution in [1.82, 2.24) is 0 Å². The first-order valence-corrected chi connectivity index (χ1v) is 6.14. The minimum Gasteiger partial charge on any atom is -0.361 e. The van der Waals surface area contributed by atoms with E-state index in [4.69, 9.17) is 19.1 Å². The molecular weight excluding hydrogens is 265 g/mol. The number of hydrogen-bond acceptors (Lipinski definition) is 6. The smallest absolute Gasteiger partial charge is 0.361 e. The van der Waals surface area contributed by atoms with Gasteiger partial charge in [0.2, 0.25) is 0 Å². The summed E-state index contributed by atoms with van der Waals surface area (Å²) in [5.41, 5.74) is 8.22. The minimum atomic E-state index is -3.48. The zero-order valence-corrected chi connectivity index (χ0v) is 9.44. The van der Waals surface area contributed by atoms with Crippen molar-refractivity contribution in [1.29, 1.82) is 0 Å². The van der Waals surface area contributed by atoms with Crippen LogP contribution >= 0.6 is 7.82 Å². The molecular formula is C8H4N3O6P. The summed E-state index contributed by atoms with van der Waals surface area (Å²) in [7, 11) is -3.48. The largest absolute Gasteiger partial charge is 0.489 e. The quantitative estimate of drug-likeness (QED) is 0.204. The van der Waals surface area contributed by atoms with Gasteiger partial charge in [-0.15, -0.1) is 0 Å². The third-order valence-corrected chi connectivity index (χ3v) is 3.83. The number of nitro groups is 1. The van der Waals surface area contributed by atoms with E-state index in [1.807, 2.05) is 0 Å². The second-order valence-electron chi connectivity index (χ2n) is 3.50. The molecule has 3 fully saturated rings. The highest BCUT2D eigenvalue weighted by Crippen LogP contribution is 2.80. The van der Waals surface area contributed by atoms with E-state index in [2.05, 4.69) is 4.79 Å². The fourth-order valence-corrected chi connectivity index (χ4v) is 2.89. The number of phosphoric acid groups is 1. The molecule has 0 amide bonds. The Kier molecular flexibility index (Phi) is 2.07. The predicted molar refractivity (Wildman–Crippen MR) is 54.4 cm³/mol. The lowest BCUT2D eigenvalue weighted by atomic mass is 10.1. The molecule has 0 spiro atoms. The molecule has 0 atom stereocenters. The summed E-state index contributed by atoms with van der Waals surface area (Å²) in [6.07, 6.45) is 0. The highest BCUT2D eigenvalue weighted by atomic mass is 31.2. The Bertz CT molecular complexity index is 640. The summed E-state index contributed by atoms with van der Waals surface area (Å²) in [5.74, 6) is -1.89. The fourth-order valence-electron chi connectivity index (χ4n) is 1.70. The zero-order valence-electron chi connectivity index (χ0n) is 8.55. The van der Waals surface area contributed by atoms with Gasteiger partial charge < -0.3 is 5.53 Å². The van der Waals surface area contributed by atoms with Crippen molar-refractivity contribution in [3.63, 3.8) is 0 Å². The first-order valence-electron chi connectivity index (χ1n) is 4.68. The first-order chi connectivity index (χ1) is 8.50. The Morgan fingerprint density at radius 2 is 2.00 bits per heavy atom. The first kappa shape index (κ1) is 11.2. The van der Waals surface area contributed by atoms with Crippen molar-refractivity contribution in [2.24, 2.45) is 0 Å². The van der Waals surface area contributed by atoms with Crippen LogP contribution in [0.15, 0.2) is 24.3 Å². The van der Waals surface area contributed by atoms with Gasteiger partial charge in [-0.3, -0.25) is 10.1 Å². The normalized spacial score (nSPS) is 31.8. The summed E-state index contributed by atoms with van der Waals surface area (Å²) in [6, 6.07) is 5.50. The lowest BCUT2D eigenvalue weighted by Crippen LogP contribution is -2.63. The van der Waals surface area contributed by atoms with E-state index in [-0.39, 0.29) is 17.0 Å². The number of rotatable bonds is 3. The van der Waals surface area contributed by atoms with Crippen LogP contribution in [0.25, 0.3) is 5.53 Å². The molecule has 0 saturated carbocycles. The maximum atomic E-state index is 11.1. The summed E-state index contributed by atoms with van der Waals surface area (Å²) < 4.78 is 25.3. The molecule has 3 heterocycles. The monoisotopic (exact) mass is 269 g/mol. The molecule has 1 aromatic rings. The fraction of sp³-hybridized carbons (Fsp3) is 0.125. The van der Waals surface area contributed by atoms with Crippen LogP contribution in [0.1, 0.15) is 5.56 Å². The van der Waals surface area contributed by atoms with Crippen molar-refractivity contribution < 1.29 is 27.8 Å². The van der Waals surface area contributed by atoms with Gasteiger partial charge in [0.25, 0.3) is 5.69 Å². The maximum absolute atomic E-state index is 11.1. The van der Waals surface area contributed by atoms with E-state index in [0.29, 0.717) is 0 Å². The van der Waals surface area contributed by atoms with Crippen molar-refractivity contribution >= 4 is 19.2 Å². The van der Waals surface area contributed by atoms with Crippen LogP contribution in [0.4, 0.5) is 5.69 Å². The van der Waals surface area contributed by atoms with Gasteiger partial charge in [-0.25, -0.2) is 18.1 Å². The van der Waals surface area contributed by atoms with Gasteiger partial charge in [0, 0.05) is 6.07 Å². The topological polar surface area (TPSA) is 124 Å². The standard InChI is InChI=1S/C8H4N3O6P/c9-10-7(8-15-18(14,16-8)17-8)5-3-1-2-4-6(5)11(12)13/h1-4H. The van der Waals surface area contributed by atoms with E-state index in [1.54, 1.807) is 0 Å². The van der Waals surface area contributed by atoms with Crippen LogP contribution in [0.2, 0.25) is 0 Å². The molecule has 2 bridgehead atoms. The summed E-state index contributed by atoms with van der Waals surface area (Å²) >= 11 is 0. The van der Waals surface area contributed by atoms with Crippen molar-refractivity contribution in [2.75, 3.05) is 0 Å². The lowest BCUT2D eigenvalue weighted by Gasteiger charge is -2.51. The molecule has 4 rings (SSSR count). The molecule has 0 N–H and O–H groups in total. The Morgan fingerprint density at radius 3 is 2.50 bits per heavy atom. The maximum Gasteiger partial charge on any atom is 0.489 e. The Labute approximate surface area is 99.3 Å². The molecule has 0 unspecified atom stereocenters. The third-order valence-electron chi connectivity index (χ3n) is 2.44. The van der Waals surface area contributed by atoms with Crippen LogP contribution in [-0.4, -0.2) is 21.4 Å². The summed E-state index contributed by atoms with van der Waals surface area (Å²) in [6.45, 7) is 0. The number of nitrogens with zero attached hydrogens (tertiary/aromatic N) is 3. The van der Waals surface area contributed by atoms with Crippen molar-refractivity contribution in [3.05, 3.63) is 45.5 Å². The molecule has 1 aromatic carbocycles. The van der Waals surface area contributed by atoms with Gasteiger partial charge in [0.05, 0.1) is 4.92 Å². The molecule has 3 aliphatic heterocycles. The number of phosphoric ester groups is 1. The molecule has 18 heavy (non-hydrogen) atoms. The van der Waals surface area contributed by atoms with E-state index >= 15 is 0 Å². The predicted octanol–water partition coefficient (Wildman–Crippen LogP) is 1.45. The van der Waals surface area contributed by atoms with Crippen LogP contribution in [0.5, 0.6) is 0 Å². The molecule has 3 aliphatic rings. The van der Waals surface area contributed by atoms with Crippen LogP contribution in [-0.2, 0) is 18.1 Å². The van der Waals surface area contributed by atoms with E-state index in [9.17, 15) is 14.7 Å². The van der Waals surface area contributed by atoms with Crippen molar-refractivity contribution in [2.45, 2.75) is 5.97 Å². The average Bonchev–Trinajstić information content (AvgIpc) is 2.26. The van der Waals surface area contributed by atoms with Crippen LogP contribution in [0.3, 0.4) is 0 Å². The number of para-hydroxylation sites is 1. The van der Waals surface area contributed by atoms with Gasteiger partial charge in [-0.2, -0.15) is 4.79 Å². The molecule has 9 nitrogen and oxygen atoms in total. The summed E-state index contributed by atoms with van der Waals surface area (Å²) in [5, 5.41) is 10.8. The molecule has 92 valence electrons. The van der Waals surface area contributed by atoms with Gasteiger partial charge in [-0.1, -0.05) is 12.1 Å². The third kappa shape index (κ3) is 1.30. The Hall–Kier alpha value is -1.89. The lowest BCUT2D eigenvalue weighted by molar-refractivity contribution is -0.395. The zero-order chi connectivity index (χ0) is 13.0. The van der Waals surface area contributed by atoms with Crippen LogP contribution < -0.4 is 0 Å². The second kappa shape index (κ2) is 3.32. The van der Waals surface area contributed by atoms with E-state index in [1.165, 1.54) is 24.3 Å². The van der Waals surface area contributed by atoms with E-state index < -0.39 is 18.7 Å². The van der Waals surface area contributed by atoms with Gasteiger partial charge in [0.15, 0.2) is 0 Å². The van der Waals surface area contributed by atoms with E-state index in [0.717, 1.165) is 0 Å². The molecule has 3 saturated heterocycles. The molecule has 10 heteroatoms. The minimum absolute atomic E-state index is 0.0454. The number of benzene rings is 1. The molecule has 0 radical (unpaired) electrons. The van der Waals surface area contributed by atoms with Gasteiger partial charge >= 0.3 is 19.5 Å². The Balaban J connectivity index is 2.07. The highest BCUT2D eigenvalue weighted by molar-refractivity contribution is 7.52. The van der Waals surface area contributed by atoms with Crippen molar-refractivity contribution in [3.8, 4) is 0 Å². The molecule has 0 aliphatic carbocycles. The second-order valence-corrected chi connectivity index (χ2v) is 4.94. The number of hydrogen-bond donors (Lipinski definition) is 0. The highest BCUT2D eigenvalue weighted by Gasteiger charge is 2.82. The summed E-state index contributed by atoms with van der Waals surface area (Å²) in [4.78, 5) is 13.1. The Morgan fingerprint density at radius 1 is 1.39 bits per heavy atom. The average molecular weight is 269 g/mol. The molecule has 0 aromatic heterocycles. The SMILES string of the molecule is [N-]=[N+]=C(c1ccccc1[N+](=O)[O-])C12OP(=O)(O1)O2. The van der Waals surface area contributed by atoms with Crippen LogP contribution in [0, 0.1) is 10.1 Å².